The van der Waals surface area contributed by atoms with Gasteiger partial charge in [0.1, 0.15) is 5.82 Å². The van der Waals surface area contributed by atoms with Crippen LogP contribution in [0.15, 0.2) is 78.9 Å². The first-order valence-electron chi connectivity index (χ1n) is 10.7. The Bertz CT molecular complexity index is 1410. The lowest BCUT2D eigenvalue weighted by atomic mass is 10.0. The van der Waals surface area contributed by atoms with Crippen LogP contribution in [0.1, 0.15) is 40.2 Å². The molecule has 0 amide bonds. The average Bonchev–Trinajstić information content (AvgIpc) is 3.24. The van der Waals surface area contributed by atoms with Crippen molar-refractivity contribution in [1.29, 1.82) is 0 Å². The molecule has 0 radical (unpaired) electrons. The zero-order valence-electron chi connectivity index (χ0n) is 18.0. The van der Waals surface area contributed by atoms with Crippen LogP contribution >= 0.6 is 0 Å². The van der Waals surface area contributed by atoms with Crippen LogP contribution in [0.3, 0.4) is 0 Å². The largest absolute Gasteiger partial charge is 0.366 e. The van der Waals surface area contributed by atoms with Gasteiger partial charge >= 0.3 is 0 Å². The maximum atomic E-state index is 13.0. The highest BCUT2D eigenvalue weighted by Crippen LogP contribution is 2.25. The molecule has 1 N–H and O–H groups in total. The van der Waals surface area contributed by atoms with Crippen LogP contribution < -0.4 is 5.32 Å². The molecule has 6 heteroatoms. The molecule has 2 heterocycles. The summed E-state index contributed by atoms with van der Waals surface area (Å²) in [6.45, 7) is 4.80. The molecular formula is C26H23N5O. The van der Waals surface area contributed by atoms with Crippen molar-refractivity contribution in [3.63, 3.8) is 0 Å². The van der Waals surface area contributed by atoms with Crippen LogP contribution in [0.4, 0.5) is 5.82 Å². The predicted octanol–water partition coefficient (Wildman–Crippen LogP) is 5.03. The zero-order chi connectivity index (χ0) is 22.1. The van der Waals surface area contributed by atoms with E-state index in [0.29, 0.717) is 35.1 Å². The van der Waals surface area contributed by atoms with Gasteiger partial charge in [0, 0.05) is 17.7 Å². The summed E-state index contributed by atoms with van der Waals surface area (Å²) in [6.07, 6.45) is 0. The molecule has 2 aromatic heterocycles. The molecule has 0 aliphatic carbocycles. The molecule has 0 aliphatic rings. The Labute approximate surface area is 186 Å². The standard InChI is InChI=1S/C26H23N5O/c1-17(19-9-5-3-6-10-19)16-27-25-26-30-29-18(2)31(26)23-15-21(13-14-22(23)28-25)24(32)20-11-7-4-8-12-20/h3-15,17H,16H2,1-2H3,(H,27,28)/t17-/m1/s1. The van der Waals surface area contributed by atoms with Gasteiger partial charge in [0.05, 0.1) is 11.0 Å². The van der Waals surface area contributed by atoms with Crippen LogP contribution in [0, 0.1) is 6.92 Å². The van der Waals surface area contributed by atoms with Gasteiger partial charge in [0.2, 0.25) is 5.65 Å². The van der Waals surface area contributed by atoms with Gasteiger partial charge in [-0.15, -0.1) is 10.2 Å². The Morgan fingerprint density at radius 2 is 1.66 bits per heavy atom. The molecule has 0 fully saturated rings. The number of nitrogens with one attached hydrogen (secondary N) is 1. The summed E-state index contributed by atoms with van der Waals surface area (Å²) in [6, 6.07) is 25.2. The summed E-state index contributed by atoms with van der Waals surface area (Å²) in [5.41, 5.74) is 4.77. The van der Waals surface area contributed by atoms with Gasteiger partial charge in [0.25, 0.3) is 0 Å². The Kier molecular flexibility index (Phi) is 5.11. The molecule has 6 nitrogen and oxygen atoms in total. The van der Waals surface area contributed by atoms with Gasteiger partial charge in [-0.2, -0.15) is 0 Å². The maximum absolute atomic E-state index is 13.0. The highest BCUT2D eigenvalue weighted by Gasteiger charge is 2.16. The zero-order valence-corrected chi connectivity index (χ0v) is 18.0. The van der Waals surface area contributed by atoms with E-state index in [4.69, 9.17) is 4.98 Å². The normalized spacial score (nSPS) is 12.2. The Balaban J connectivity index is 1.53. The van der Waals surface area contributed by atoms with E-state index in [1.807, 2.05) is 65.9 Å². The second-order valence-electron chi connectivity index (χ2n) is 7.96. The summed E-state index contributed by atoms with van der Waals surface area (Å²) >= 11 is 0. The van der Waals surface area contributed by atoms with Crippen molar-refractivity contribution in [2.45, 2.75) is 19.8 Å². The van der Waals surface area contributed by atoms with Gasteiger partial charge in [0.15, 0.2) is 11.6 Å². The second kappa shape index (κ2) is 8.23. The Morgan fingerprint density at radius 1 is 0.938 bits per heavy atom. The summed E-state index contributed by atoms with van der Waals surface area (Å²) in [4.78, 5) is 17.8. The van der Waals surface area contributed by atoms with Crippen molar-refractivity contribution in [3.05, 3.63) is 101 Å². The average molecular weight is 422 g/mol. The molecule has 32 heavy (non-hydrogen) atoms. The molecule has 1 atom stereocenters. The van der Waals surface area contributed by atoms with Crippen molar-refractivity contribution in [3.8, 4) is 0 Å². The van der Waals surface area contributed by atoms with E-state index in [1.165, 1.54) is 5.56 Å². The lowest BCUT2D eigenvalue weighted by Crippen LogP contribution is -2.12. The van der Waals surface area contributed by atoms with Crippen molar-refractivity contribution in [1.82, 2.24) is 19.6 Å². The van der Waals surface area contributed by atoms with Crippen molar-refractivity contribution >= 4 is 28.3 Å². The lowest BCUT2D eigenvalue weighted by Gasteiger charge is -2.15. The highest BCUT2D eigenvalue weighted by atomic mass is 16.1. The third-order valence-corrected chi connectivity index (χ3v) is 5.73. The smallest absolute Gasteiger partial charge is 0.204 e. The van der Waals surface area contributed by atoms with Crippen LogP contribution in [-0.2, 0) is 0 Å². The van der Waals surface area contributed by atoms with Gasteiger partial charge in [-0.05, 0) is 36.6 Å². The minimum atomic E-state index is -0.0229. The quantitative estimate of drug-likeness (QED) is 0.389. The van der Waals surface area contributed by atoms with E-state index in [-0.39, 0.29) is 5.78 Å². The number of ketones is 1. The minimum Gasteiger partial charge on any atom is -0.366 e. The molecule has 0 spiro atoms. The first-order chi connectivity index (χ1) is 15.6. The molecule has 5 rings (SSSR count). The molecule has 158 valence electrons. The van der Waals surface area contributed by atoms with Crippen molar-refractivity contribution < 1.29 is 4.79 Å². The van der Waals surface area contributed by atoms with E-state index in [9.17, 15) is 4.79 Å². The van der Waals surface area contributed by atoms with E-state index >= 15 is 0 Å². The molecular weight excluding hydrogens is 398 g/mol. The van der Waals surface area contributed by atoms with Gasteiger partial charge in [-0.25, -0.2) is 4.98 Å². The number of aryl methyl sites for hydroxylation is 1. The summed E-state index contributed by atoms with van der Waals surface area (Å²) < 4.78 is 1.96. The SMILES string of the molecule is Cc1nnc2c(NC[C@@H](C)c3ccccc3)nc3ccc(C(=O)c4ccccc4)cc3n12. The number of nitrogens with zero attached hydrogens (tertiary/aromatic N) is 4. The van der Waals surface area contributed by atoms with Crippen molar-refractivity contribution in [2.75, 3.05) is 11.9 Å². The van der Waals surface area contributed by atoms with Crippen LogP contribution in [0.25, 0.3) is 16.7 Å². The molecule has 0 bridgehead atoms. The van der Waals surface area contributed by atoms with Gasteiger partial charge < -0.3 is 5.32 Å². The van der Waals surface area contributed by atoms with E-state index in [0.717, 1.165) is 16.9 Å². The number of fused-ring (bicyclic) bond motifs is 3. The molecule has 0 aliphatic heterocycles. The van der Waals surface area contributed by atoms with Gasteiger partial charge in [-0.1, -0.05) is 67.6 Å². The number of benzene rings is 3. The number of hydrogen-bond acceptors (Lipinski definition) is 5. The molecule has 0 saturated carbocycles. The fourth-order valence-electron chi connectivity index (χ4n) is 3.94. The summed E-state index contributed by atoms with van der Waals surface area (Å²) in [7, 11) is 0. The number of carbonyl (C=O) groups is 1. The third-order valence-electron chi connectivity index (χ3n) is 5.73. The minimum absolute atomic E-state index is 0.0229. The fraction of sp³-hybridized carbons (Fsp3) is 0.154. The maximum Gasteiger partial charge on any atom is 0.204 e. The Morgan fingerprint density at radius 3 is 2.41 bits per heavy atom. The molecule has 5 aromatic rings. The first kappa shape index (κ1) is 19.9. The summed E-state index contributed by atoms with van der Waals surface area (Å²) in [5, 5.41) is 12.1. The number of anilines is 1. The monoisotopic (exact) mass is 421 g/mol. The third kappa shape index (κ3) is 3.60. The van der Waals surface area contributed by atoms with Crippen LogP contribution in [0.5, 0.6) is 0 Å². The molecule has 0 unspecified atom stereocenters. The topological polar surface area (TPSA) is 72.2 Å². The number of carbonyl (C=O) groups excluding carboxylic acids is 1. The molecule has 0 saturated heterocycles. The van der Waals surface area contributed by atoms with Crippen molar-refractivity contribution in [2.24, 2.45) is 0 Å². The van der Waals surface area contributed by atoms with E-state index < -0.39 is 0 Å². The second-order valence-corrected chi connectivity index (χ2v) is 7.96. The fourth-order valence-corrected chi connectivity index (χ4v) is 3.94. The van der Waals surface area contributed by atoms with Crippen LogP contribution in [0.2, 0.25) is 0 Å². The number of aromatic nitrogens is 4. The molecule has 3 aromatic carbocycles. The number of hydrogen-bond donors (Lipinski definition) is 1. The van der Waals surface area contributed by atoms with E-state index in [2.05, 4.69) is 46.7 Å². The van der Waals surface area contributed by atoms with Gasteiger partial charge in [-0.3, -0.25) is 9.20 Å². The summed E-state index contributed by atoms with van der Waals surface area (Å²) in [5.74, 6) is 1.72. The lowest BCUT2D eigenvalue weighted by molar-refractivity contribution is 0.103. The highest BCUT2D eigenvalue weighted by molar-refractivity contribution is 6.10. The predicted molar refractivity (Wildman–Crippen MR) is 126 cm³/mol. The van der Waals surface area contributed by atoms with Crippen LogP contribution in [-0.4, -0.2) is 31.9 Å². The van der Waals surface area contributed by atoms with E-state index in [1.54, 1.807) is 0 Å². The number of rotatable bonds is 6. The first-order valence-corrected chi connectivity index (χ1v) is 10.7. The Hall–Kier alpha value is -4.06.